The Kier molecular flexibility index (Phi) is 5.67. The normalized spacial score (nSPS) is 36.2. The van der Waals surface area contributed by atoms with Crippen LogP contribution in [-0.2, 0) is 0 Å². The summed E-state index contributed by atoms with van der Waals surface area (Å²) in [5.74, 6) is 0.928. The van der Waals surface area contributed by atoms with Crippen molar-refractivity contribution in [1.82, 2.24) is 10.2 Å². The van der Waals surface area contributed by atoms with Gasteiger partial charge >= 0.3 is 0 Å². The third-order valence-electron chi connectivity index (χ3n) is 5.17. The van der Waals surface area contributed by atoms with Crippen molar-refractivity contribution in [3.8, 4) is 0 Å². The van der Waals surface area contributed by atoms with Crippen molar-refractivity contribution in [2.45, 2.75) is 70.4 Å². The number of hydrogen-bond donors (Lipinski definition) is 2. The molecule has 2 rings (SSSR count). The lowest BCUT2D eigenvalue weighted by molar-refractivity contribution is 0.149. The molecular formula is C16H32N2O. The summed E-state index contributed by atoms with van der Waals surface area (Å²) in [6.07, 6.45) is 8.79. The molecule has 2 fully saturated rings. The van der Waals surface area contributed by atoms with Gasteiger partial charge in [-0.3, -0.25) is 0 Å². The molecule has 0 amide bonds. The molecule has 3 unspecified atom stereocenters. The second kappa shape index (κ2) is 7.05. The van der Waals surface area contributed by atoms with Crippen LogP contribution in [0.4, 0.5) is 0 Å². The van der Waals surface area contributed by atoms with Crippen molar-refractivity contribution in [2.75, 3.05) is 26.2 Å². The average Bonchev–Trinajstić information content (AvgIpc) is 3.04. The Bertz CT molecular complexity index is 271. The molecule has 2 N–H and O–H groups in total. The molecule has 0 spiro atoms. The molecule has 3 heteroatoms. The smallest absolute Gasteiger partial charge is 0.0613 e. The van der Waals surface area contributed by atoms with E-state index in [1.807, 2.05) is 0 Å². The van der Waals surface area contributed by atoms with E-state index in [2.05, 4.69) is 24.1 Å². The van der Waals surface area contributed by atoms with Crippen LogP contribution in [0.5, 0.6) is 0 Å². The van der Waals surface area contributed by atoms with E-state index in [9.17, 15) is 5.11 Å². The molecule has 1 aliphatic carbocycles. The predicted octanol–water partition coefficient (Wildman–Crippen LogP) is 2.39. The van der Waals surface area contributed by atoms with E-state index in [0.717, 1.165) is 31.7 Å². The highest BCUT2D eigenvalue weighted by Crippen LogP contribution is 2.35. The topological polar surface area (TPSA) is 35.5 Å². The lowest BCUT2D eigenvalue weighted by Gasteiger charge is -2.30. The van der Waals surface area contributed by atoms with Gasteiger partial charge in [0.15, 0.2) is 0 Å². The number of hydrogen-bond acceptors (Lipinski definition) is 3. The molecule has 3 nitrogen and oxygen atoms in total. The molecule has 0 aromatic carbocycles. The van der Waals surface area contributed by atoms with Crippen molar-refractivity contribution in [1.29, 1.82) is 0 Å². The zero-order valence-electron chi connectivity index (χ0n) is 12.8. The lowest BCUT2D eigenvalue weighted by Crippen LogP contribution is -2.48. The van der Waals surface area contributed by atoms with Crippen molar-refractivity contribution >= 4 is 0 Å². The minimum Gasteiger partial charge on any atom is -0.394 e. The highest BCUT2D eigenvalue weighted by molar-refractivity contribution is 5.00. The first-order chi connectivity index (χ1) is 9.23. The summed E-state index contributed by atoms with van der Waals surface area (Å²) in [7, 11) is 0. The summed E-state index contributed by atoms with van der Waals surface area (Å²) in [6, 6.07) is 0.707. The van der Waals surface area contributed by atoms with Gasteiger partial charge in [-0.2, -0.15) is 0 Å². The van der Waals surface area contributed by atoms with Crippen LogP contribution in [0.15, 0.2) is 0 Å². The van der Waals surface area contributed by atoms with Crippen molar-refractivity contribution in [2.24, 2.45) is 5.92 Å². The van der Waals surface area contributed by atoms with Gasteiger partial charge in [-0.15, -0.1) is 0 Å². The molecule has 1 saturated heterocycles. The number of nitrogens with one attached hydrogen (secondary N) is 1. The summed E-state index contributed by atoms with van der Waals surface area (Å²) in [6.45, 7) is 8.41. The van der Waals surface area contributed by atoms with Crippen LogP contribution in [0.2, 0.25) is 0 Å². The van der Waals surface area contributed by atoms with Gasteiger partial charge in [-0.05, 0) is 57.5 Å². The Morgan fingerprint density at radius 2 is 2.11 bits per heavy atom. The van der Waals surface area contributed by atoms with E-state index in [0.29, 0.717) is 12.6 Å². The first-order valence-electron chi connectivity index (χ1n) is 8.33. The molecule has 2 aliphatic rings. The third-order valence-corrected chi connectivity index (χ3v) is 5.17. The fourth-order valence-corrected chi connectivity index (χ4v) is 4.00. The lowest BCUT2D eigenvalue weighted by atomic mass is 9.98. The Morgan fingerprint density at radius 3 is 2.79 bits per heavy atom. The largest absolute Gasteiger partial charge is 0.394 e. The van der Waals surface area contributed by atoms with Crippen molar-refractivity contribution < 1.29 is 5.11 Å². The summed E-state index contributed by atoms with van der Waals surface area (Å²) in [5.41, 5.74) is 0.0174. The number of likely N-dealkylation sites (tertiary alicyclic amines) is 1. The van der Waals surface area contributed by atoms with Crippen molar-refractivity contribution in [3.05, 3.63) is 0 Å². The zero-order chi connectivity index (χ0) is 13.7. The minimum absolute atomic E-state index is 0.0174. The van der Waals surface area contributed by atoms with Crippen LogP contribution >= 0.6 is 0 Å². The summed E-state index contributed by atoms with van der Waals surface area (Å²) < 4.78 is 0. The third kappa shape index (κ3) is 3.71. The maximum absolute atomic E-state index is 9.76. The van der Waals surface area contributed by atoms with E-state index in [1.165, 1.54) is 38.8 Å². The van der Waals surface area contributed by atoms with Crippen LogP contribution in [0.3, 0.4) is 0 Å². The Labute approximate surface area is 118 Å². The number of rotatable bonds is 7. The maximum Gasteiger partial charge on any atom is 0.0613 e. The van der Waals surface area contributed by atoms with Gasteiger partial charge in [0.2, 0.25) is 0 Å². The summed E-state index contributed by atoms with van der Waals surface area (Å²) in [5, 5.41) is 13.4. The van der Waals surface area contributed by atoms with Gasteiger partial charge < -0.3 is 15.3 Å². The highest BCUT2D eigenvalue weighted by atomic mass is 16.3. The highest BCUT2D eigenvalue weighted by Gasteiger charge is 2.41. The monoisotopic (exact) mass is 268 g/mol. The Morgan fingerprint density at radius 1 is 1.26 bits per heavy atom. The number of aliphatic hydroxyl groups excluding tert-OH is 1. The second-order valence-electron chi connectivity index (χ2n) is 6.70. The molecule has 0 radical (unpaired) electrons. The average molecular weight is 268 g/mol. The number of aliphatic hydroxyl groups is 1. The van der Waals surface area contributed by atoms with E-state index in [-0.39, 0.29) is 5.54 Å². The molecular weight excluding hydrogens is 236 g/mol. The quantitative estimate of drug-likeness (QED) is 0.744. The molecule has 19 heavy (non-hydrogen) atoms. The fraction of sp³-hybridized carbons (Fsp3) is 1.00. The van der Waals surface area contributed by atoms with Gasteiger partial charge in [0.05, 0.1) is 6.61 Å². The maximum atomic E-state index is 9.76. The predicted molar refractivity (Wildman–Crippen MR) is 80.3 cm³/mol. The summed E-state index contributed by atoms with van der Waals surface area (Å²) >= 11 is 0. The van der Waals surface area contributed by atoms with Crippen LogP contribution in [0.1, 0.15) is 58.8 Å². The molecule has 3 atom stereocenters. The molecule has 1 heterocycles. The Balaban J connectivity index is 1.84. The molecule has 1 aliphatic heterocycles. The molecule has 112 valence electrons. The van der Waals surface area contributed by atoms with E-state index >= 15 is 0 Å². The first kappa shape index (κ1) is 15.3. The van der Waals surface area contributed by atoms with Gasteiger partial charge in [0, 0.05) is 18.1 Å². The fourth-order valence-electron chi connectivity index (χ4n) is 4.00. The minimum atomic E-state index is 0.0174. The standard InChI is InChI=1S/C16H32N2O/c1-3-5-14-7-10-18(12-14)15-6-8-16(11-15,13-19)17-9-4-2/h14-15,17,19H,3-13H2,1-2H3. The molecule has 0 aromatic rings. The second-order valence-corrected chi connectivity index (χ2v) is 6.70. The van der Waals surface area contributed by atoms with Crippen molar-refractivity contribution in [3.63, 3.8) is 0 Å². The van der Waals surface area contributed by atoms with E-state index in [1.54, 1.807) is 0 Å². The number of nitrogens with zero attached hydrogens (tertiary/aromatic N) is 1. The van der Waals surface area contributed by atoms with Gasteiger partial charge in [-0.25, -0.2) is 0 Å². The van der Waals surface area contributed by atoms with E-state index < -0.39 is 0 Å². The zero-order valence-corrected chi connectivity index (χ0v) is 12.8. The summed E-state index contributed by atoms with van der Waals surface area (Å²) in [4.78, 5) is 2.70. The van der Waals surface area contributed by atoms with Gasteiger partial charge in [0.25, 0.3) is 0 Å². The Hall–Kier alpha value is -0.120. The van der Waals surface area contributed by atoms with Crippen LogP contribution in [-0.4, -0.2) is 47.8 Å². The van der Waals surface area contributed by atoms with Crippen LogP contribution < -0.4 is 5.32 Å². The van der Waals surface area contributed by atoms with Crippen LogP contribution in [0, 0.1) is 5.92 Å². The first-order valence-corrected chi connectivity index (χ1v) is 8.33. The molecule has 0 aromatic heterocycles. The molecule has 1 saturated carbocycles. The van der Waals surface area contributed by atoms with Crippen LogP contribution in [0.25, 0.3) is 0 Å². The molecule has 0 bridgehead atoms. The van der Waals surface area contributed by atoms with Gasteiger partial charge in [0.1, 0.15) is 0 Å². The van der Waals surface area contributed by atoms with Gasteiger partial charge in [-0.1, -0.05) is 20.3 Å². The van der Waals surface area contributed by atoms with E-state index in [4.69, 9.17) is 0 Å². The SMILES string of the molecule is CCCNC1(CO)CCC(N2CCC(CCC)C2)C1.